The molecule has 0 amide bonds. The summed E-state index contributed by atoms with van der Waals surface area (Å²) in [4.78, 5) is 4.21. The Hall–Kier alpha value is -1.08. The standard InChI is InChI=1S/C11H12ClN.C3H8.C2H6/c1-3-6-10-7-4-5-8-11(10)13-9(2)12;1-3-2;1-2/h3-8H,1-2H3;3H2,1-2H3;1-2H3/b6-3+,13-9?;;. The van der Waals surface area contributed by atoms with Gasteiger partial charge < -0.3 is 0 Å². The second-order valence-electron chi connectivity index (χ2n) is 3.37. The average Bonchev–Trinajstić information content (AvgIpc) is 2.35. The summed E-state index contributed by atoms with van der Waals surface area (Å²) >= 11 is 5.71. The van der Waals surface area contributed by atoms with Gasteiger partial charge in [0.2, 0.25) is 0 Å². The topological polar surface area (TPSA) is 12.4 Å². The molecule has 18 heavy (non-hydrogen) atoms. The van der Waals surface area contributed by atoms with Crippen molar-refractivity contribution in [2.24, 2.45) is 4.99 Å². The zero-order valence-corrected chi connectivity index (χ0v) is 13.3. The van der Waals surface area contributed by atoms with Gasteiger partial charge in [-0.05, 0) is 25.5 Å². The second-order valence-corrected chi connectivity index (χ2v) is 3.92. The van der Waals surface area contributed by atoms with E-state index in [0.717, 1.165) is 11.3 Å². The van der Waals surface area contributed by atoms with Crippen molar-refractivity contribution in [3.63, 3.8) is 0 Å². The lowest BCUT2D eigenvalue weighted by Gasteiger charge is -1.99. The van der Waals surface area contributed by atoms with E-state index in [2.05, 4.69) is 18.8 Å². The minimum Gasteiger partial charge on any atom is -0.241 e. The maximum absolute atomic E-state index is 5.71. The minimum atomic E-state index is 0.553. The van der Waals surface area contributed by atoms with E-state index in [0.29, 0.717) is 5.17 Å². The van der Waals surface area contributed by atoms with Crippen molar-refractivity contribution in [3.05, 3.63) is 35.9 Å². The smallest absolute Gasteiger partial charge is 0.103 e. The maximum Gasteiger partial charge on any atom is 0.103 e. The van der Waals surface area contributed by atoms with E-state index in [9.17, 15) is 0 Å². The van der Waals surface area contributed by atoms with E-state index in [1.54, 1.807) is 6.92 Å². The van der Waals surface area contributed by atoms with Crippen molar-refractivity contribution < 1.29 is 0 Å². The van der Waals surface area contributed by atoms with Crippen molar-refractivity contribution in [1.82, 2.24) is 0 Å². The van der Waals surface area contributed by atoms with Crippen molar-refractivity contribution >= 4 is 28.5 Å². The number of para-hydroxylation sites is 1. The lowest BCUT2D eigenvalue weighted by Crippen LogP contribution is -1.77. The predicted molar refractivity (Wildman–Crippen MR) is 87.1 cm³/mol. The SMILES string of the molecule is C/C=C/c1ccccc1N=C(C)Cl.CC.CCC. The van der Waals surface area contributed by atoms with Crippen LogP contribution in [-0.2, 0) is 0 Å². The van der Waals surface area contributed by atoms with Crippen molar-refractivity contribution in [3.8, 4) is 0 Å². The van der Waals surface area contributed by atoms with Crippen molar-refractivity contribution in [1.29, 1.82) is 0 Å². The van der Waals surface area contributed by atoms with Crippen LogP contribution in [0.15, 0.2) is 35.3 Å². The molecule has 1 aromatic rings. The van der Waals surface area contributed by atoms with Crippen molar-refractivity contribution in [2.45, 2.75) is 48.0 Å². The Bertz CT molecular complexity index is 350. The number of nitrogens with zero attached hydrogens (tertiary/aromatic N) is 1. The highest BCUT2D eigenvalue weighted by molar-refractivity contribution is 6.65. The Morgan fingerprint density at radius 2 is 1.72 bits per heavy atom. The highest BCUT2D eigenvalue weighted by Gasteiger charge is 1.95. The van der Waals surface area contributed by atoms with Crippen LogP contribution >= 0.6 is 11.6 Å². The summed E-state index contributed by atoms with van der Waals surface area (Å²) in [7, 11) is 0. The molecule has 1 aromatic carbocycles. The van der Waals surface area contributed by atoms with Gasteiger partial charge in [0.05, 0.1) is 5.69 Å². The van der Waals surface area contributed by atoms with E-state index >= 15 is 0 Å². The summed E-state index contributed by atoms with van der Waals surface area (Å²) in [5, 5.41) is 0.553. The van der Waals surface area contributed by atoms with Gasteiger partial charge in [0, 0.05) is 0 Å². The minimum absolute atomic E-state index is 0.553. The van der Waals surface area contributed by atoms with Gasteiger partial charge in [-0.15, -0.1) is 0 Å². The predicted octanol–water partition coefficient (Wildman–Crippen LogP) is 6.45. The molecule has 0 atom stereocenters. The Labute approximate surface area is 118 Å². The molecule has 1 rings (SSSR count). The number of rotatable bonds is 2. The summed E-state index contributed by atoms with van der Waals surface area (Å²) in [6.07, 6.45) is 5.25. The van der Waals surface area contributed by atoms with Gasteiger partial charge >= 0.3 is 0 Å². The molecular weight excluding hydrogens is 242 g/mol. The third-order valence-corrected chi connectivity index (χ3v) is 1.64. The van der Waals surface area contributed by atoms with Gasteiger partial charge in [-0.1, -0.05) is 76.1 Å². The van der Waals surface area contributed by atoms with Gasteiger partial charge in [0.15, 0.2) is 0 Å². The molecule has 0 aliphatic heterocycles. The largest absolute Gasteiger partial charge is 0.241 e. The van der Waals surface area contributed by atoms with E-state index in [1.807, 2.05) is 57.2 Å². The molecule has 2 heteroatoms. The fourth-order valence-electron chi connectivity index (χ4n) is 1.08. The molecule has 0 fully saturated rings. The highest BCUT2D eigenvalue weighted by atomic mass is 35.5. The molecule has 0 aliphatic carbocycles. The number of benzene rings is 1. The van der Waals surface area contributed by atoms with E-state index in [4.69, 9.17) is 11.6 Å². The molecule has 0 bridgehead atoms. The first-order chi connectivity index (χ1) is 8.65. The zero-order valence-electron chi connectivity index (χ0n) is 12.5. The van der Waals surface area contributed by atoms with Crippen LogP contribution in [0.1, 0.15) is 53.5 Å². The second kappa shape index (κ2) is 14.0. The maximum atomic E-state index is 5.71. The van der Waals surface area contributed by atoms with E-state index < -0.39 is 0 Å². The first-order valence-corrected chi connectivity index (χ1v) is 6.96. The Morgan fingerprint density at radius 1 is 1.22 bits per heavy atom. The normalized spacial score (nSPS) is 10.3. The fraction of sp³-hybridized carbons (Fsp3) is 0.438. The third-order valence-electron chi connectivity index (χ3n) is 1.56. The summed E-state index contributed by atoms with van der Waals surface area (Å²) in [5.41, 5.74) is 2.00. The number of hydrogen-bond donors (Lipinski definition) is 0. The summed E-state index contributed by atoms with van der Waals surface area (Å²) in [5.74, 6) is 0. The quantitative estimate of drug-likeness (QED) is 0.546. The molecule has 0 aliphatic rings. The van der Waals surface area contributed by atoms with Crippen LogP contribution in [0.4, 0.5) is 5.69 Å². The van der Waals surface area contributed by atoms with E-state index in [1.165, 1.54) is 6.42 Å². The molecule has 0 heterocycles. The highest BCUT2D eigenvalue weighted by Crippen LogP contribution is 2.20. The van der Waals surface area contributed by atoms with Crippen molar-refractivity contribution in [2.75, 3.05) is 0 Å². The number of allylic oxidation sites excluding steroid dienone is 1. The summed E-state index contributed by atoms with van der Waals surface area (Å²) in [6.45, 7) is 12.0. The molecule has 0 unspecified atom stereocenters. The Balaban J connectivity index is 0. The van der Waals surface area contributed by atoms with Crippen LogP contribution in [0.2, 0.25) is 0 Å². The lowest BCUT2D eigenvalue weighted by atomic mass is 10.1. The summed E-state index contributed by atoms with van der Waals surface area (Å²) < 4.78 is 0. The third kappa shape index (κ3) is 10.1. The van der Waals surface area contributed by atoms with Gasteiger partial charge in [-0.3, -0.25) is 0 Å². The number of hydrogen-bond acceptors (Lipinski definition) is 1. The molecule has 1 nitrogen and oxygen atoms in total. The molecule has 0 saturated heterocycles. The molecule has 0 spiro atoms. The molecule has 102 valence electrons. The Kier molecular flexibility index (Phi) is 15.0. The van der Waals surface area contributed by atoms with Crippen LogP contribution in [0.3, 0.4) is 0 Å². The zero-order chi connectivity index (χ0) is 14.4. The average molecular weight is 268 g/mol. The number of aliphatic imine (C=N–C) groups is 1. The first-order valence-electron chi connectivity index (χ1n) is 6.58. The first kappa shape index (κ1) is 19.3. The number of halogens is 1. The lowest BCUT2D eigenvalue weighted by molar-refractivity contribution is 1.09. The molecule has 0 N–H and O–H groups in total. The van der Waals surface area contributed by atoms with E-state index in [-0.39, 0.29) is 0 Å². The van der Waals surface area contributed by atoms with Crippen LogP contribution < -0.4 is 0 Å². The van der Waals surface area contributed by atoms with Gasteiger partial charge in [-0.25, -0.2) is 4.99 Å². The van der Waals surface area contributed by atoms with Crippen LogP contribution in [0.25, 0.3) is 6.08 Å². The molecular formula is C16H26ClN. The van der Waals surface area contributed by atoms with Crippen LogP contribution in [0.5, 0.6) is 0 Å². The summed E-state index contributed by atoms with van der Waals surface area (Å²) in [6, 6.07) is 7.89. The van der Waals surface area contributed by atoms with Gasteiger partial charge in [0.1, 0.15) is 5.17 Å². The Morgan fingerprint density at radius 3 is 2.17 bits per heavy atom. The van der Waals surface area contributed by atoms with Gasteiger partial charge in [-0.2, -0.15) is 0 Å². The molecule has 0 radical (unpaired) electrons. The molecule has 0 saturated carbocycles. The fourth-order valence-corrected chi connectivity index (χ4v) is 1.17. The van der Waals surface area contributed by atoms with Crippen LogP contribution in [-0.4, -0.2) is 5.17 Å². The monoisotopic (exact) mass is 267 g/mol. The molecule has 0 aromatic heterocycles. The van der Waals surface area contributed by atoms with Crippen LogP contribution in [0, 0.1) is 0 Å². The van der Waals surface area contributed by atoms with Gasteiger partial charge in [0.25, 0.3) is 0 Å².